The standard InChI is InChI=1S/C30H31N3O4/c1-3-4-18-37-24-15-14-21(19-25(24)36-2)29-26-27(22-12-8-9-13-23(22)34)31-32-28(26)30(35)33(29)17-16-20-10-6-5-7-11-20/h5-15,19,29,34H,3-4,16-18H2,1-2H3,(H,31,32)/t29-/m0/s1. The Balaban J connectivity index is 1.57. The first-order valence-corrected chi connectivity index (χ1v) is 12.6. The van der Waals surface area contributed by atoms with Crippen LogP contribution in [0.4, 0.5) is 0 Å². The van der Waals surface area contributed by atoms with Gasteiger partial charge in [-0.3, -0.25) is 9.89 Å². The zero-order valence-electron chi connectivity index (χ0n) is 21.1. The van der Waals surface area contributed by atoms with Gasteiger partial charge in [0, 0.05) is 17.7 Å². The maximum atomic E-state index is 13.7. The highest BCUT2D eigenvalue weighted by atomic mass is 16.5. The van der Waals surface area contributed by atoms with Crippen molar-refractivity contribution in [2.24, 2.45) is 0 Å². The molecule has 1 amide bonds. The van der Waals surface area contributed by atoms with E-state index in [2.05, 4.69) is 29.3 Å². The Morgan fingerprint density at radius 1 is 1.03 bits per heavy atom. The molecule has 0 fully saturated rings. The number of carbonyl (C=O) groups excluding carboxylic acids is 1. The molecule has 2 N–H and O–H groups in total. The highest BCUT2D eigenvalue weighted by Crippen LogP contribution is 2.45. The van der Waals surface area contributed by atoms with E-state index in [1.54, 1.807) is 19.2 Å². The Hall–Kier alpha value is -4.26. The summed E-state index contributed by atoms with van der Waals surface area (Å²) in [6.07, 6.45) is 2.71. The summed E-state index contributed by atoms with van der Waals surface area (Å²) in [5.41, 5.74) is 4.38. The Kier molecular flexibility index (Phi) is 7.12. The van der Waals surface area contributed by atoms with Gasteiger partial charge in [-0.05, 0) is 48.2 Å². The summed E-state index contributed by atoms with van der Waals surface area (Å²) in [5, 5.41) is 18.0. The van der Waals surface area contributed by atoms with Gasteiger partial charge in [-0.25, -0.2) is 0 Å². The first-order valence-electron chi connectivity index (χ1n) is 12.6. The zero-order chi connectivity index (χ0) is 25.8. The molecule has 3 aromatic carbocycles. The molecule has 5 rings (SSSR count). The number of H-pyrrole nitrogens is 1. The Labute approximate surface area is 216 Å². The number of methoxy groups -OCH3 is 1. The number of hydrogen-bond donors (Lipinski definition) is 2. The largest absolute Gasteiger partial charge is 0.507 e. The average molecular weight is 498 g/mol. The van der Waals surface area contributed by atoms with E-state index in [4.69, 9.17) is 9.47 Å². The second-order valence-corrected chi connectivity index (χ2v) is 9.13. The van der Waals surface area contributed by atoms with E-state index in [1.165, 1.54) is 0 Å². The van der Waals surface area contributed by atoms with Crippen LogP contribution < -0.4 is 9.47 Å². The van der Waals surface area contributed by atoms with Crippen molar-refractivity contribution in [1.82, 2.24) is 15.1 Å². The molecule has 0 bridgehead atoms. The summed E-state index contributed by atoms with van der Waals surface area (Å²) in [6, 6.07) is 22.6. The lowest BCUT2D eigenvalue weighted by Crippen LogP contribution is -2.31. The Morgan fingerprint density at radius 2 is 1.81 bits per heavy atom. The fraction of sp³-hybridized carbons (Fsp3) is 0.267. The fourth-order valence-electron chi connectivity index (χ4n) is 4.85. The topological polar surface area (TPSA) is 87.7 Å². The minimum absolute atomic E-state index is 0.114. The average Bonchev–Trinajstić information content (AvgIpc) is 3.47. The summed E-state index contributed by atoms with van der Waals surface area (Å²) in [5.74, 6) is 1.29. The van der Waals surface area contributed by atoms with Gasteiger partial charge < -0.3 is 19.5 Å². The molecule has 0 saturated carbocycles. The van der Waals surface area contributed by atoms with Crippen molar-refractivity contribution in [1.29, 1.82) is 0 Å². The number of phenolic OH excluding ortho intramolecular Hbond substituents is 1. The van der Waals surface area contributed by atoms with Crippen LogP contribution >= 0.6 is 0 Å². The summed E-state index contributed by atoms with van der Waals surface area (Å²) in [6.45, 7) is 3.25. The number of aromatic nitrogens is 2. The molecule has 0 saturated heterocycles. The first-order chi connectivity index (χ1) is 18.1. The second kappa shape index (κ2) is 10.8. The number of phenols is 1. The number of aromatic hydroxyl groups is 1. The van der Waals surface area contributed by atoms with E-state index < -0.39 is 6.04 Å². The van der Waals surface area contributed by atoms with Crippen molar-refractivity contribution < 1.29 is 19.4 Å². The van der Waals surface area contributed by atoms with Crippen LogP contribution in [0.2, 0.25) is 0 Å². The van der Waals surface area contributed by atoms with E-state index in [-0.39, 0.29) is 11.7 Å². The van der Waals surface area contributed by atoms with Crippen molar-refractivity contribution in [2.45, 2.75) is 32.2 Å². The third-order valence-electron chi connectivity index (χ3n) is 6.77. The lowest BCUT2D eigenvalue weighted by atomic mass is 9.95. The van der Waals surface area contributed by atoms with E-state index in [9.17, 15) is 9.90 Å². The van der Waals surface area contributed by atoms with Crippen molar-refractivity contribution in [3.05, 3.63) is 95.2 Å². The molecule has 0 radical (unpaired) electrons. The van der Waals surface area contributed by atoms with Crippen LogP contribution in [-0.4, -0.2) is 46.4 Å². The van der Waals surface area contributed by atoms with Crippen LogP contribution in [0, 0.1) is 0 Å². The fourth-order valence-corrected chi connectivity index (χ4v) is 4.85. The number of benzene rings is 3. The number of fused-ring (bicyclic) bond motifs is 1. The van der Waals surface area contributed by atoms with E-state index in [0.29, 0.717) is 48.0 Å². The Bertz CT molecular complexity index is 1380. The summed E-state index contributed by atoms with van der Waals surface area (Å²) < 4.78 is 11.6. The Morgan fingerprint density at radius 3 is 2.57 bits per heavy atom. The molecular formula is C30H31N3O4. The van der Waals surface area contributed by atoms with E-state index in [0.717, 1.165) is 29.5 Å². The molecule has 2 heterocycles. The highest BCUT2D eigenvalue weighted by molar-refractivity contribution is 6.00. The van der Waals surface area contributed by atoms with Crippen LogP contribution in [-0.2, 0) is 6.42 Å². The number of nitrogens with one attached hydrogen (secondary N) is 1. The molecule has 0 spiro atoms. The SMILES string of the molecule is CCCCOc1ccc([C@H]2c3c(-c4ccccc4O)n[nH]c3C(=O)N2CCc2ccccc2)cc1OC. The molecule has 1 aliphatic heterocycles. The quantitative estimate of drug-likeness (QED) is 0.272. The molecule has 190 valence electrons. The number of carbonyl (C=O) groups is 1. The molecule has 7 nitrogen and oxygen atoms in total. The maximum Gasteiger partial charge on any atom is 0.273 e. The minimum atomic E-state index is -0.404. The zero-order valence-corrected chi connectivity index (χ0v) is 21.1. The number of hydrogen-bond acceptors (Lipinski definition) is 5. The minimum Gasteiger partial charge on any atom is -0.507 e. The van der Waals surface area contributed by atoms with Crippen LogP contribution in [0.1, 0.15) is 53.0 Å². The normalized spacial score (nSPS) is 14.6. The number of unbranched alkanes of at least 4 members (excludes halogenated alkanes) is 1. The molecule has 0 unspecified atom stereocenters. The smallest absolute Gasteiger partial charge is 0.273 e. The number of para-hydroxylation sites is 1. The molecule has 1 aliphatic rings. The van der Waals surface area contributed by atoms with Crippen LogP contribution in [0.15, 0.2) is 72.8 Å². The molecular weight excluding hydrogens is 466 g/mol. The molecule has 37 heavy (non-hydrogen) atoms. The molecule has 7 heteroatoms. The summed E-state index contributed by atoms with van der Waals surface area (Å²) in [7, 11) is 1.62. The van der Waals surface area contributed by atoms with Gasteiger partial charge in [0.2, 0.25) is 0 Å². The third-order valence-corrected chi connectivity index (χ3v) is 6.77. The van der Waals surface area contributed by atoms with Crippen molar-refractivity contribution in [2.75, 3.05) is 20.3 Å². The van der Waals surface area contributed by atoms with Gasteiger partial charge in [0.25, 0.3) is 5.91 Å². The van der Waals surface area contributed by atoms with Gasteiger partial charge in [0.05, 0.1) is 19.8 Å². The predicted octanol–water partition coefficient (Wildman–Crippen LogP) is 5.76. The van der Waals surface area contributed by atoms with Gasteiger partial charge in [0.15, 0.2) is 11.5 Å². The second-order valence-electron chi connectivity index (χ2n) is 9.13. The molecule has 0 aliphatic carbocycles. The van der Waals surface area contributed by atoms with Gasteiger partial charge in [-0.15, -0.1) is 0 Å². The number of nitrogens with zero attached hydrogens (tertiary/aromatic N) is 2. The maximum absolute atomic E-state index is 13.7. The van der Waals surface area contributed by atoms with E-state index in [1.807, 2.05) is 53.4 Å². The van der Waals surface area contributed by atoms with Crippen LogP contribution in [0.5, 0.6) is 17.2 Å². The highest BCUT2D eigenvalue weighted by Gasteiger charge is 2.42. The molecule has 4 aromatic rings. The van der Waals surface area contributed by atoms with Gasteiger partial charge >= 0.3 is 0 Å². The number of aromatic amines is 1. The number of ether oxygens (including phenoxy) is 2. The van der Waals surface area contributed by atoms with Crippen molar-refractivity contribution in [3.63, 3.8) is 0 Å². The molecule has 1 atom stereocenters. The van der Waals surface area contributed by atoms with Crippen molar-refractivity contribution in [3.8, 4) is 28.5 Å². The first kappa shape index (κ1) is 24.4. The van der Waals surface area contributed by atoms with Crippen LogP contribution in [0.25, 0.3) is 11.3 Å². The number of rotatable bonds is 10. The van der Waals surface area contributed by atoms with Gasteiger partial charge in [-0.1, -0.05) is 61.9 Å². The van der Waals surface area contributed by atoms with E-state index >= 15 is 0 Å². The predicted molar refractivity (Wildman–Crippen MR) is 142 cm³/mol. The molecule has 1 aromatic heterocycles. The van der Waals surface area contributed by atoms with Gasteiger partial charge in [-0.2, -0.15) is 5.10 Å². The summed E-state index contributed by atoms with van der Waals surface area (Å²) in [4.78, 5) is 15.5. The van der Waals surface area contributed by atoms with Crippen LogP contribution in [0.3, 0.4) is 0 Å². The summed E-state index contributed by atoms with van der Waals surface area (Å²) >= 11 is 0. The van der Waals surface area contributed by atoms with Gasteiger partial charge in [0.1, 0.15) is 17.1 Å². The monoisotopic (exact) mass is 497 g/mol. The lowest BCUT2D eigenvalue weighted by Gasteiger charge is -2.27. The van der Waals surface area contributed by atoms with Crippen molar-refractivity contribution >= 4 is 5.91 Å². The third kappa shape index (κ3) is 4.77. The lowest BCUT2D eigenvalue weighted by molar-refractivity contribution is 0.0745. The number of amides is 1.